The fraction of sp³-hybridized carbons (Fsp3) is 0.160. The lowest BCUT2D eigenvalue weighted by atomic mass is 9.93. The first-order chi connectivity index (χ1) is 13.9. The molecule has 0 unspecified atom stereocenters. The molecule has 0 spiro atoms. The van der Waals surface area contributed by atoms with Crippen LogP contribution in [0.2, 0.25) is 0 Å². The lowest BCUT2D eigenvalue weighted by Crippen LogP contribution is -2.27. The van der Waals surface area contributed by atoms with E-state index in [9.17, 15) is 4.39 Å². The van der Waals surface area contributed by atoms with Crippen LogP contribution in [0.15, 0.2) is 91.1 Å². The van der Waals surface area contributed by atoms with Gasteiger partial charge in [0.1, 0.15) is 11.4 Å². The number of halogens is 1. The lowest BCUT2D eigenvalue weighted by molar-refractivity contribution is 0.572. The summed E-state index contributed by atoms with van der Waals surface area (Å²) in [4.78, 5) is 5.08. The van der Waals surface area contributed by atoms with Crippen LogP contribution < -0.4 is 16.2 Å². The van der Waals surface area contributed by atoms with Gasteiger partial charge in [-0.1, -0.05) is 93.6 Å². The topological polar surface area (TPSA) is 17.8 Å². The average molecular weight is 402 g/mol. The number of hydrogen-bond acceptors (Lipinski definition) is 1. The van der Waals surface area contributed by atoms with Crippen LogP contribution in [-0.2, 0) is 5.41 Å². The first-order valence-electron chi connectivity index (χ1n) is 9.70. The first kappa shape index (κ1) is 19.5. The number of aromatic nitrogens is 2. The normalized spacial score (nSPS) is 11.8. The molecule has 0 aliphatic rings. The second kappa shape index (κ2) is 7.93. The van der Waals surface area contributed by atoms with Gasteiger partial charge >= 0.3 is 0 Å². The first-order valence-corrected chi connectivity index (χ1v) is 11.0. The Bertz CT molecular complexity index is 1060. The maximum Gasteiger partial charge on any atom is 0.147 e. The van der Waals surface area contributed by atoms with E-state index in [0.29, 0.717) is 5.69 Å². The number of imidazole rings is 1. The molecule has 0 saturated heterocycles. The van der Waals surface area contributed by atoms with Crippen LogP contribution in [0.25, 0.3) is 5.69 Å². The van der Waals surface area contributed by atoms with E-state index in [1.807, 2.05) is 35.0 Å². The molecule has 0 aliphatic heterocycles. The summed E-state index contributed by atoms with van der Waals surface area (Å²) < 4.78 is 16.7. The molecule has 0 saturated carbocycles. The van der Waals surface area contributed by atoms with Crippen LogP contribution in [0.1, 0.15) is 26.5 Å². The number of benzene rings is 3. The average Bonchev–Trinajstić information content (AvgIpc) is 3.15. The van der Waals surface area contributed by atoms with Crippen LogP contribution in [-0.4, -0.2) is 9.55 Å². The van der Waals surface area contributed by atoms with E-state index in [1.54, 1.807) is 6.07 Å². The van der Waals surface area contributed by atoms with Crippen LogP contribution in [0.4, 0.5) is 4.39 Å². The van der Waals surface area contributed by atoms with E-state index in [0.717, 1.165) is 11.3 Å². The molecule has 0 fully saturated rings. The van der Waals surface area contributed by atoms with Gasteiger partial charge in [0, 0.05) is 19.5 Å². The molecular formula is C25H24FN2P. The Kier molecular flexibility index (Phi) is 5.34. The summed E-state index contributed by atoms with van der Waals surface area (Å²) in [6, 6.07) is 27.7. The molecule has 4 aromatic rings. The molecule has 146 valence electrons. The van der Waals surface area contributed by atoms with Gasteiger partial charge in [-0.05, 0) is 22.7 Å². The van der Waals surface area contributed by atoms with Gasteiger partial charge in [-0.3, -0.25) is 4.57 Å². The van der Waals surface area contributed by atoms with Gasteiger partial charge in [0.25, 0.3) is 0 Å². The highest BCUT2D eigenvalue weighted by Crippen LogP contribution is 2.35. The molecular weight excluding hydrogens is 378 g/mol. The number of rotatable bonds is 4. The summed E-state index contributed by atoms with van der Waals surface area (Å²) in [5.41, 5.74) is 2.23. The molecule has 0 atom stereocenters. The largest absolute Gasteiger partial charge is 0.296 e. The molecule has 0 radical (unpaired) electrons. The SMILES string of the molecule is CC(C)(C)c1cn(-c2ccccc2F)c(P(c2ccccc2)c2ccccc2)n1. The summed E-state index contributed by atoms with van der Waals surface area (Å²) in [5, 5.41) is 2.38. The summed E-state index contributed by atoms with van der Waals surface area (Å²) in [5.74, 6) is -0.248. The third-order valence-corrected chi connectivity index (χ3v) is 7.14. The third-order valence-electron chi connectivity index (χ3n) is 4.80. The van der Waals surface area contributed by atoms with Crippen molar-refractivity contribution < 1.29 is 4.39 Å². The van der Waals surface area contributed by atoms with E-state index in [4.69, 9.17) is 4.98 Å². The molecule has 29 heavy (non-hydrogen) atoms. The summed E-state index contributed by atoms with van der Waals surface area (Å²) in [6.07, 6.45) is 2.00. The molecule has 1 aromatic heterocycles. The Morgan fingerprint density at radius 2 is 1.28 bits per heavy atom. The molecule has 0 amide bonds. The zero-order valence-electron chi connectivity index (χ0n) is 16.9. The molecule has 4 heteroatoms. The lowest BCUT2D eigenvalue weighted by Gasteiger charge is -2.20. The maximum absolute atomic E-state index is 14.8. The molecule has 1 heterocycles. The minimum atomic E-state index is -0.944. The number of hydrogen-bond donors (Lipinski definition) is 0. The molecule has 4 rings (SSSR count). The Balaban J connectivity index is 2.00. The van der Waals surface area contributed by atoms with Crippen molar-refractivity contribution in [1.29, 1.82) is 0 Å². The zero-order chi connectivity index (χ0) is 20.4. The van der Waals surface area contributed by atoms with Gasteiger partial charge in [0.2, 0.25) is 0 Å². The fourth-order valence-corrected chi connectivity index (χ4v) is 5.54. The predicted molar refractivity (Wildman–Crippen MR) is 121 cm³/mol. The number of para-hydroxylation sites is 1. The Morgan fingerprint density at radius 3 is 1.79 bits per heavy atom. The maximum atomic E-state index is 14.8. The van der Waals surface area contributed by atoms with Crippen molar-refractivity contribution >= 4 is 24.1 Å². The van der Waals surface area contributed by atoms with Gasteiger partial charge in [-0.15, -0.1) is 0 Å². The van der Waals surface area contributed by atoms with E-state index in [1.165, 1.54) is 16.7 Å². The Labute approximate surface area is 172 Å². The van der Waals surface area contributed by atoms with Crippen molar-refractivity contribution in [3.05, 3.63) is 103 Å². The van der Waals surface area contributed by atoms with Crippen molar-refractivity contribution in [3.63, 3.8) is 0 Å². The van der Waals surface area contributed by atoms with Gasteiger partial charge in [-0.25, -0.2) is 9.37 Å². The Morgan fingerprint density at radius 1 is 0.759 bits per heavy atom. The zero-order valence-corrected chi connectivity index (χ0v) is 17.8. The van der Waals surface area contributed by atoms with Gasteiger partial charge in [0.05, 0.1) is 11.4 Å². The Hall–Kier alpha value is -2.77. The second-order valence-corrected chi connectivity index (χ2v) is 10.1. The van der Waals surface area contributed by atoms with Crippen molar-refractivity contribution in [2.75, 3.05) is 0 Å². The van der Waals surface area contributed by atoms with Crippen molar-refractivity contribution in [2.24, 2.45) is 0 Å². The van der Waals surface area contributed by atoms with E-state index >= 15 is 0 Å². The molecule has 3 aromatic carbocycles. The van der Waals surface area contributed by atoms with Gasteiger partial charge < -0.3 is 0 Å². The summed E-state index contributed by atoms with van der Waals surface area (Å²) in [6.45, 7) is 6.41. The van der Waals surface area contributed by atoms with Crippen molar-refractivity contribution in [3.8, 4) is 5.69 Å². The smallest absolute Gasteiger partial charge is 0.147 e. The van der Waals surface area contributed by atoms with E-state index in [2.05, 4.69) is 69.3 Å². The monoisotopic (exact) mass is 402 g/mol. The minimum Gasteiger partial charge on any atom is -0.296 e. The van der Waals surface area contributed by atoms with Gasteiger partial charge in [-0.2, -0.15) is 0 Å². The van der Waals surface area contributed by atoms with Crippen molar-refractivity contribution in [1.82, 2.24) is 9.55 Å². The summed E-state index contributed by atoms with van der Waals surface area (Å²) in [7, 11) is -0.944. The highest BCUT2D eigenvalue weighted by molar-refractivity contribution is 7.79. The highest BCUT2D eigenvalue weighted by Gasteiger charge is 2.27. The quantitative estimate of drug-likeness (QED) is 0.436. The molecule has 2 nitrogen and oxygen atoms in total. The molecule has 0 aliphatic carbocycles. The molecule has 0 bridgehead atoms. The second-order valence-electron chi connectivity index (χ2n) is 8.00. The van der Waals surface area contributed by atoms with E-state index in [-0.39, 0.29) is 11.2 Å². The van der Waals surface area contributed by atoms with Gasteiger partial charge in [0.15, 0.2) is 0 Å². The van der Waals surface area contributed by atoms with Crippen LogP contribution in [0.5, 0.6) is 0 Å². The fourth-order valence-electron chi connectivity index (χ4n) is 3.25. The van der Waals surface area contributed by atoms with E-state index < -0.39 is 7.92 Å². The third kappa shape index (κ3) is 4.02. The van der Waals surface area contributed by atoms with Crippen LogP contribution >= 0.6 is 7.92 Å². The summed E-state index contributed by atoms with van der Waals surface area (Å²) >= 11 is 0. The number of nitrogens with zero attached hydrogens (tertiary/aromatic N) is 2. The van der Waals surface area contributed by atoms with Crippen molar-refractivity contribution in [2.45, 2.75) is 26.2 Å². The van der Waals surface area contributed by atoms with Crippen LogP contribution in [0, 0.1) is 5.82 Å². The minimum absolute atomic E-state index is 0.139. The predicted octanol–water partition coefficient (Wildman–Crippen LogP) is 5.07. The standard InChI is InChI=1S/C25H24FN2P/c1-25(2,3)23-18-28(22-17-11-10-16-21(22)26)24(27-23)29(19-12-6-4-7-13-19)20-14-8-5-9-15-20/h4-18H,1-3H3. The molecule has 0 N–H and O–H groups in total. The van der Waals surface area contributed by atoms with Crippen LogP contribution in [0.3, 0.4) is 0 Å². The highest BCUT2D eigenvalue weighted by atomic mass is 31.1.